The monoisotopic (exact) mass is 466 g/mol. The van der Waals surface area contributed by atoms with Crippen molar-refractivity contribution in [3.63, 3.8) is 0 Å². The predicted octanol–water partition coefficient (Wildman–Crippen LogP) is 5.29. The molecule has 0 bridgehead atoms. The zero-order valence-corrected chi connectivity index (χ0v) is 17.9. The van der Waals surface area contributed by atoms with Gasteiger partial charge in [-0.25, -0.2) is 9.97 Å². The molecule has 3 aromatic heterocycles. The first-order valence-electron chi connectivity index (χ1n) is 10.1. The lowest BCUT2D eigenvalue weighted by atomic mass is 10.1. The number of halogens is 3. The Morgan fingerprint density at radius 3 is 2.62 bits per heavy atom. The van der Waals surface area contributed by atoms with E-state index in [1.807, 2.05) is 0 Å². The summed E-state index contributed by atoms with van der Waals surface area (Å²) in [6.45, 7) is 3.38. The summed E-state index contributed by atoms with van der Waals surface area (Å²) < 4.78 is 47.3. The fraction of sp³-hybridized carbons (Fsp3) is 0.130. The van der Waals surface area contributed by atoms with Crippen molar-refractivity contribution in [2.75, 3.05) is 5.32 Å². The van der Waals surface area contributed by atoms with Crippen LogP contribution in [0.1, 0.15) is 27.4 Å². The van der Waals surface area contributed by atoms with E-state index >= 15 is 0 Å². The standard InChI is InChI=1S/C23H17F3N6O2/c1-12-9-27-11-32(12)17-6-14(5-15(7-17)23(24,25)26)21-30-19-4-3-16(8-20(19)31-21)29-22(33)18-10-28-34-13(18)2/h3-11H,1-2H3,(H,29,33)(H,30,31). The Morgan fingerprint density at radius 2 is 1.94 bits per heavy atom. The van der Waals surface area contributed by atoms with Crippen molar-refractivity contribution < 1.29 is 22.5 Å². The first-order valence-corrected chi connectivity index (χ1v) is 10.1. The lowest BCUT2D eigenvalue weighted by molar-refractivity contribution is -0.137. The van der Waals surface area contributed by atoms with Gasteiger partial charge in [-0.2, -0.15) is 13.2 Å². The van der Waals surface area contributed by atoms with E-state index in [0.717, 1.165) is 12.1 Å². The van der Waals surface area contributed by atoms with Crippen LogP contribution < -0.4 is 5.32 Å². The van der Waals surface area contributed by atoms with Gasteiger partial charge in [0.05, 0.1) is 29.1 Å². The Balaban J connectivity index is 1.53. The molecule has 0 radical (unpaired) electrons. The second-order valence-corrected chi connectivity index (χ2v) is 7.74. The third-order valence-electron chi connectivity index (χ3n) is 5.36. The maximum Gasteiger partial charge on any atom is 0.416 e. The highest BCUT2D eigenvalue weighted by atomic mass is 19.4. The third kappa shape index (κ3) is 3.91. The number of amides is 1. The van der Waals surface area contributed by atoms with Gasteiger partial charge in [0.15, 0.2) is 0 Å². The Kier molecular flexibility index (Phi) is 4.96. The molecule has 0 aliphatic heterocycles. The van der Waals surface area contributed by atoms with Crippen molar-refractivity contribution in [1.29, 1.82) is 0 Å². The van der Waals surface area contributed by atoms with Gasteiger partial charge < -0.3 is 19.4 Å². The minimum atomic E-state index is -4.54. The van der Waals surface area contributed by atoms with E-state index in [0.29, 0.717) is 39.4 Å². The van der Waals surface area contributed by atoms with Gasteiger partial charge in [-0.3, -0.25) is 4.79 Å². The molecule has 0 saturated carbocycles. The van der Waals surface area contributed by atoms with Crippen molar-refractivity contribution in [2.45, 2.75) is 20.0 Å². The molecule has 5 rings (SSSR count). The minimum Gasteiger partial charge on any atom is -0.361 e. The molecule has 0 fully saturated rings. The van der Waals surface area contributed by atoms with Crippen molar-refractivity contribution >= 4 is 22.6 Å². The van der Waals surface area contributed by atoms with Crippen LogP contribution >= 0.6 is 0 Å². The normalized spacial score (nSPS) is 11.8. The highest BCUT2D eigenvalue weighted by Crippen LogP contribution is 2.34. The molecule has 0 atom stereocenters. The average molecular weight is 466 g/mol. The number of alkyl halides is 3. The van der Waals surface area contributed by atoms with E-state index in [-0.39, 0.29) is 11.4 Å². The smallest absolute Gasteiger partial charge is 0.361 e. The number of aromatic amines is 1. The molecular formula is C23H17F3N6O2. The van der Waals surface area contributed by atoms with E-state index < -0.39 is 17.6 Å². The fourth-order valence-corrected chi connectivity index (χ4v) is 3.62. The second kappa shape index (κ2) is 7.87. The summed E-state index contributed by atoms with van der Waals surface area (Å²) in [5.74, 6) is 0.250. The maximum atomic E-state index is 13.6. The van der Waals surface area contributed by atoms with E-state index in [4.69, 9.17) is 4.52 Å². The average Bonchev–Trinajstić information content (AvgIpc) is 3.51. The first-order chi connectivity index (χ1) is 16.2. The third-order valence-corrected chi connectivity index (χ3v) is 5.36. The number of hydrogen-bond acceptors (Lipinski definition) is 5. The molecule has 1 amide bonds. The highest BCUT2D eigenvalue weighted by Gasteiger charge is 2.32. The summed E-state index contributed by atoms with van der Waals surface area (Å²) in [5.41, 5.74) is 2.32. The molecule has 172 valence electrons. The molecule has 34 heavy (non-hydrogen) atoms. The summed E-state index contributed by atoms with van der Waals surface area (Å²) in [5, 5.41) is 6.32. The molecule has 2 aromatic carbocycles. The van der Waals surface area contributed by atoms with Crippen LogP contribution in [0.4, 0.5) is 18.9 Å². The number of hydrogen-bond donors (Lipinski definition) is 2. The van der Waals surface area contributed by atoms with Crippen LogP contribution in [-0.2, 0) is 6.18 Å². The van der Waals surface area contributed by atoms with Gasteiger partial charge in [0, 0.05) is 28.8 Å². The van der Waals surface area contributed by atoms with Crippen LogP contribution in [0.15, 0.2) is 59.6 Å². The van der Waals surface area contributed by atoms with Crippen molar-refractivity contribution in [3.8, 4) is 17.1 Å². The first kappa shape index (κ1) is 21.4. The lowest BCUT2D eigenvalue weighted by Gasteiger charge is -2.13. The van der Waals surface area contributed by atoms with E-state index in [1.165, 1.54) is 12.5 Å². The molecule has 0 spiro atoms. The van der Waals surface area contributed by atoms with Gasteiger partial charge in [0.1, 0.15) is 17.1 Å². The second-order valence-electron chi connectivity index (χ2n) is 7.74. The number of nitrogens with one attached hydrogen (secondary N) is 2. The number of aryl methyl sites for hydroxylation is 2. The SMILES string of the molecule is Cc1oncc1C(=O)Nc1ccc2[nH]c(-c3cc(-n4cncc4C)cc(C(F)(F)F)c3)nc2c1. The van der Waals surface area contributed by atoms with Crippen molar-refractivity contribution in [2.24, 2.45) is 0 Å². The number of imidazole rings is 2. The maximum absolute atomic E-state index is 13.6. The van der Waals surface area contributed by atoms with E-state index in [9.17, 15) is 18.0 Å². The number of carbonyl (C=O) groups excluding carboxylic acids is 1. The van der Waals surface area contributed by atoms with E-state index in [2.05, 4.69) is 25.4 Å². The zero-order valence-electron chi connectivity index (χ0n) is 17.9. The Labute approximate surface area is 190 Å². The molecular weight excluding hydrogens is 449 g/mol. The molecule has 0 aliphatic carbocycles. The number of rotatable bonds is 4. The van der Waals surface area contributed by atoms with Gasteiger partial charge in [0.2, 0.25) is 0 Å². The fourth-order valence-electron chi connectivity index (χ4n) is 3.62. The Morgan fingerprint density at radius 1 is 1.12 bits per heavy atom. The molecule has 5 aromatic rings. The summed E-state index contributed by atoms with van der Waals surface area (Å²) in [6.07, 6.45) is -0.191. The summed E-state index contributed by atoms with van der Waals surface area (Å²) in [6, 6.07) is 8.71. The van der Waals surface area contributed by atoms with Crippen LogP contribution in [0.5, 0.6) is 0 Å². The van der Waals surface area contributed by atoms with Crippen LogP contribution in [0.2, 0.25) is 0 Å². The van der Waals surface area contributed by atoms with Gasteiger partial charge in [0.25, 0.3) is 5.91 Å². The molecule has 0 saturated heterocycles. The molecule has 8 nitrogen and oxygen atoms in total. The number of fused-ring (bicyclic) bond motifs is 1. The van der Waals surface area contributed by atoms with Gasteiger partial charge in [-0.1, -0.05) is 5.16 Å². The quantitative estimate of drug-likeness (QED) is 0.375. The van der Waals surface area contributed by atoms with Gasteiger partial charge in [-0.15, -0.1) is 0 Å². The van der Waals surface area contributed by atoms with Gasteiger partial charge >= 0.3 is 6.18 Å². The molecule has 11 heteroatoms. The highest BCUT2D eigenvalue weighted by molar-refractivity contribution is 6.05. The van der Waals surface area contributed by atoms with Crippen LogP contribution in [0.3, 0.4) is 0 Å². The summed E-state index contributed by atoms with van der Waals surface area (Å²) >= 11 is 0. The van der Waals surface area contributed by atoms with Crippen molar-refractivity contribution in [1.82, 2.24) is 24.7 Å². The lowest BCUT2D eigenvalue weighted by Crippen LogP contribution is -2.11. The summed E-state index contributed by atoms with van der Waals surface area (Å²) in [7, 11) is 0. The predicted molar refractivity (Wildman–Crippen MR) is 118 cm³/mol. The zero-order chi connectivity index (χ0) is 24.0. The number of nitrogens with zero attached hydrogens (tertiary/aromatic N) is 4. The summed E-state index contributed by atoms with van der Waals surface area (Å²) in [4.78, 5) is 23.9. The largest absolute Gasteiger partial charge is 0.416 e. The molecule has 0 unspecified atom stereocenters. The molecule has 2 N–H and O–H groups in total. The number of benzene rings is 2. The Hall–Kier alpha value is -4.41. The van der Waals surface area contributed by atoms with Gasteiger partial charge in [-0.05, 0) is 50.2 Å². The minimum absolute atomic E-state index is 0.262. The number of H-pyrrole nitrogens is 1. The van der Waals surface area contributed by atoms with Crippen molar-refractivity contribution in [3.05, 3.63) is 77.7 Å². The van der Waals surface area contributed by atoms with E-state index in [1.54, 1.807) is 48.9 Å². The topological polar surface area (TPSA) is 102 Å². The number of aromatic nitrogens is 5. The van der Waals surface area contributed by atoms with Crippen LogP contribution in [0, 0.1) is 13.8 Å². The molecule has 3 heterocycles. The Bertz CT molecular complexity index is 1530. The molecule has 0 aliphatic rings. The van der Waals surface area contributed by atoms with Crippen LogP contribution in [-0.4, -0.2) is 30.6 Å². The number of anilines is 1. The number of carbonyl (C=O) groups is 1. The van der Waals surface area contributed by atoms with Crippen LogP contribution in [0.25, 0.3) is 28.1 Å².